The molecular formula is C12H12N4. The van der Waals surface area contributed by atoms with E-state index in [1.807, 2.05) is 37.3 Å². The zero-order chi connectivity index (χ0) is 11.5. The zero-order valence-electron chi connectivity index (χ0n) is 8.94. The number of nitrogens with one attached hydrogen (secondary N) is 1. The Morgan fingerprint density at radius 2 is 1.88 bits per heavy atom. The highest BCUT2D eigenvalue weighted by molar-refractivity contribution is 5.95. The van der Waals surface area contributed by atoms with E-state index in [1.165, 1.54) is 6.33 Å². The predicted molar refractivity (Wildman–Crippen MR) is 63.2 cm³/mol. The molecular weight excluding hydrogens is 200 g/mol. The second-order valence-corrected chi connectivity index (χ2v) is 3.48. The third-order valence-electron chi connectivity index (χ3n) is 2.39. The van der Waals surface area contributed by atoms with E-state index in [-0.39, 0.29) is 5.84 Å². The maximum Gasteiger partial charge on any atom is 0.142 e. The number of aromatic nitrogens is 2. The van der Waals surface area contributed by atoms with E-state index < -0.39 is 0 Å². The van der Waals surface area contributed by atoms with Crippen molar-refractivity contribution in [3.8, 4) is 11.3 Å². The molecule has 0 fully saturated rings. The smallest absolute Gasteiger partial charge is 0.142 e. The predicted octanol–water partition coefficient (Wildman–Crippen LogP) is 1.74. The first-order valence-corrected chi connectivity index (χ1v) is 4.91. The molecule has 1 heterocycles. The van der Waals surface area contributed by atoms with Crippen molar-refractivity contribution in [3.63, 3.8) is 0 Å². The van der Waals surface area contributed by atoms with Crippen molar-refractivity contribution in [1.29, 1.82) is 5.41 Å². The number of amidine groups is 1. The first-order valence-electron chi connectivity index (χ1n) is 4.91. The van der Waals surface area contributed by atoms with Gasteiger partial charge in [-0.2, -0.15) is 0 Å². The molecule has 1 aromatic heterocycles. The van der Waals surface area contributed by atoms with Gasteiger partial charge in [0.05, 0.1) is 5.69 Å². The topological polar surface area (TPSA) is 75.7 Å². The molecule has 0 aliphatic carbocycles. The van der Waals surface area contributed by atoms with E-state index >= 15 is 0 Å². The SMILES string of the molecule is Cc1c(C(=N)N)ncnc1-c1ccccc1. The Hall–Kier alpha value is -2.23. The summed E-state index contributed by atoms with van der Waals surface area (Å²) in [6.07, 6.45) is 1.44. The van der Waals surface area contributed by atoms with Crippen LogP contribution in [0.4, 0.5) is 0 Å². The number of hydrogen-bond acceptors (Lipinski definition) is 3. The van der Waals surface area contributed by atoms with Gasteiger partial charge in [0.25, 0.3) is 0 Å². The Morgan fingerprint density at radius 1 is 1.19 bits per heavy atom. The fourth-order valence-corrected chi connectivity index (χ4v) is 1.61. The molecule has 0 unspecified atom stereocenters. The molecule has 1 aromatic carbocycles. The van der Waals surface area contributed by atoms with Crippen LogP contribution in [0.5, 0.6) is 0 Å². The minimum atomic E-state index is -0.0305. The van der Waals surface area contributed by atoms with Crippen molar-refractivity contribution in [3.05, 3.63) is 47.9 Å². The zero-order valence-corrected chi connectivity index (χ0v) is 8.94. The molecule has 3 N–H and O–H groups in total. The van der Waals surface area contributed by atoms with E-state index in [0.717, 1.165) is 16.8 Å². The third-order valence-corrected chi connectivity index (χ3v) is 2.39. The lowest BCUT2D eigenvalue weighted by Crippen LogP contribution is -2.15. The average Bonchev–Trinajstić information content (AvgIpc) is 2.30. The summed E-state index contributed by atoms with van der Waals surface area (Å²) < 4.78 is 0. The Morgan fingerprint density at radius 3 is 2.50 bits per heavy atom. The molecule has 0 spiro atoms. The van der Waals surface area contributed by atoms with Gasteiger partial charge in [-0.1, -0.05) is 30.3 Å². The molecule has 4 heteroatoms. The van der Waals surface area contributed by atoms with Crippen molar-refractivity contribution >= 4 is 5.84 Å². The van der Waals surface area contributed by atoms with Gasteiger partial charge in [0.2, 0.25) is 0 Å². The average molecular weight is 212 g/mol. The molecule has 0 aliphatic heterocycles. The first-order chi connectivity index (χ1) is 7.70. The van der Waals surface area contributed by atoms with Crippen LogP contribution < -0.4 is 5.73 Å². The quantitative estimate of drug-likeness (QED) is 0.588. The summed E-state index contributed by atoms with van der Waals surface area (Å²) in [4.78, 5) is 8.23. The van der Waals surface area contributed by atoms with Crippen molar-refractivity contribution in [2.75, 3.05) is 0 Å². The van der Waals surface area contributed by atoms with Gasteiger partial charge in [-0.25, -0.2) is 9.97 Å². The van der Waals surface area contributed by atoms with Gasteiger partial charge in [0.1, 0.15) is 17.9 Å². The van der Waals surface area contributed by atoms with Gasteiger partial charge >= 0.3 is 0 Å². The molecule has 4 nitrogen and oxygen atoms in total. The molecule has 80 valence electrons. The summed E-state index contributed by atoms with van der Waals surface area (Å²) in [5, 5.41) is 7.42. The molecule has 16 heavy (non-hydrogen) atoms. The highest BCUT2D eigenvalue weighted by Gasteiger charge is 2.10. The molecule has 0 radical (unpaired) electrons. The Balaban J connectivity index is 2.59. The molecule has 2 aromatic rings. The van der Waals surface area contributed by atoms with Crippen LogP contribution in [-0.4, -0.2) is 15.8 Å². The molecule has 0 atom stereocenters. The lowest BCUT2D eigenvalue weighted by Gasteiger charge is -2.07. The van der Waals surface area contributed by atoms with E-state index in [4.69, 9.17) is 11.1 Å². The van der Waals surface area contributed by atoms with Crippen LogP contribution in [0.2, 0.25) is 0 Å². The van der Waals surface area contributed by atoms with Crippen LogP contribution >= 0.6 is 0 Å². The fraction of sp³-hybridized carbons (Fsp3) is 0.0833. The van der Waals surface area contributed by atoms with Gasteiger partial charge in [-0.3, -0.25) is 5.41 Å². The molecule has 0 aliphatic rings. The molecule has 0 bridgehead atoms. The number of benzene rings is 1. The van der Waals surface area contributed by atoms with E-state index in [9.17, 15) is 0 Å². The number of nitrogen functional groups attached to an aromatic ring is 1. The minimum Gasteiger partial charge on any atom is -0.382 e. The van der Waals surface area contributed by atoms with Crippen LogP contribution in [0.15, 0.2) is 36.7 Å². The lowest BCUT2D eigenvalue weighted by molar-refractivity contribution is 1.11. The summed E-state index contributed by atoms with van der Waals surface area (Å²) in [6.45, 7) is 1.87. The fourth-order valence-electron chi connectivity index (χ4n) is 1.61. The van der Waals surface area contributed by atoms with Gasteiger partial charge in [-0.15, -0.1) is 0 Å². The highest BCUT2D eigenvalue weighted by atomic mass is 14.9. The molecule has 0 saturated heterocycles. The standard InChI is InChI=1S/C12H12N4/c1-8-10(9-5-3-2-4-6-9)15-7-16-11(8)12(13)14/h2-7H,1H3,(H3,13,14). The summed E-state index contributed by atoms with van der Waals surface area (Å²) in [5.74, 6) is -0.0305. The van der Waals surface area contributed by atoms with Gasteiger partial charge < -0.3 is 5.73 Å². The number of rotatable bonds is 2. The van der Waals surface area contributed by atoms with Crippen molar-refractivity contribution in [1.82, 2.24) is 9.97 Å². The van der Waals surface area contributed by atoms with Crippen molar-refractivity contribution in [2.24, 2.45) is 5.73 Å². The normalized spacial score (nSPS) is 10.1. The van der Waals surface area contributed by atoms with Crippen LogP contribution in [0.25, 0.3) is 11.3 Å². The van der Waals surface area contributed by atoms with Crippen LogP contribution in [0.3, 0.4) is 0 Å². The van der Waals surface area contributed by atoms with E-state index in [1.54, 1.807) is 0 Å². The first kappa shape index (κ1) is 10.3. The monoisotopic (exact) mass is 212 g/mol. The Labute approximate surface area is 93.7 Å². The number of hydrogen-bond donors (Lipinski definition) is 2. The summed E-state index contributed by atoms with van der Waals surface area (Å²) >= 11 is 0. The largest absolute Gasteiger partial charge is 0.382 e. The van der Waals surface area contributed by atoms with Gasteiger partial charge in [0.15, 0.2) is 0 Å². The second-order valence-electron chi connectivity index (χ2n) is 3.48. The van der Waals surface area contributed by atoms with Gasteiger partial charge in [-0.05, 0) is 6.92 Å². The highest BCUT2D eigenvalue weighted by Crippen LogP contribution is 2.21. The Bertz CT molecular complexity index is 520. The Kier molecular flexibility index (Phi) is 2.64. The van der Waals surface area contributed by atoms with Crippen LogP contribution in [0.1, 0.15) is 11.3 Å². The van der Waals surface area contributed by atoms with E-state index in [0.29, 0.717) is 5.69 Å². The molecule has 0 saturated carbocycles. The number of nitrogens with zero attached hydrogens (tertiary/aromatic N) is 2. The third kappa shape index (κ3) is 1.77. The summed E-state index contributed by atoms with van der Waals surface area (Å²) in [6, 6.07) is 9.79. The lowest BCUT2D eigenvalue weighted by atomic mass is 10.1. The number of nitrogens with two attached hydrogens (primary N) is 1. The van der Waals surface area contributed by atoms with Crippen molar-refractivity contribution in [2.45, 2.75) is 6.92 Å². The van der Waals surface area contributed by atoms with Crippen LogP contribution in [-0.2, 0) is 0 Å². The minimum absolute atomic E-state index is 0.0305. The van der Waals surface area contributed by atoms with Gasteiger partial charge in [0, 0.05) is 11.1 Å². The molecule has 2 rings (SSSR count). The maximum atomic E-state index is 7.42. The van der Waals surface area contributed by atoms with Crippen molar-refractivity contribution < 1.29 is 0 Å². The summed E-state index contributed by atoms with van der Waals surface area (Å²) in [7, 11) is 0. The maximum absolute atomic E-state index is 7.42. The molecule has 0 amide bonds. The second kappa shape index (κ2) is 4.10. The van der Waals surface area contributed by atoms with E-state index in [2.05, 4.69) is 9.97 Å². The van der Waals surface area contributed by atoms with Crippen LogP contribution in [0, 0.1) is 12.3 Å². The summed E-state index contributed by atoms with van der Waals surface area (Å²) in [5.41, 5.74) is 8.61.